The number of rotatable bonds is 2. The highest BCUT2D eigenvalue weighted by molar-refractivity contribution is 4.63. The van der Waals surface area contributed by atoms with Gasteiger partial charge in [0.15, 0.2) is 6.17 Å². The van der Waals surface area contributed by atoms with Gasteiger partial charge < -0.3 is 5.11 Å². The van der Waals surface area contributed by atoms with E-state index in [1.807, 2.05) is 0 Å². The Morgan fingerprint density at radius 2 is 1.62 bits per heavy atom. The van der Waals surface area contributed by atoms with E-state index in [2.05, 4.69) is 0 Å². The number of hydrogen-bond donors (Lipinski definition) is 1. The summed E-state index contributed by atoms with van der Waals surface area (Å²) in [5.74, 6) is 0. The zero-order chi connectivity index (χ0) is 6.73. The van der Waals surface area contributed by atoms with Crippen molar-refractivity contribution in [3.63, 3.8) is 0 Å². The van der Waals surface area contributed by atoms with Crippen LogP contribution in [0.2, 0.25) is 0 Å². The number of aliphatic hydroxyl groups excluding tert-OH is 1. The third-order valence-electron chi connectivity index (χ3n) is 0.702. The van der Waals surface area contributed by atoms with Crippen LogP contribution in [0.5, 0.6) is 0 Å². The summed E-state index contributed by atoms with van der Waals surface area (Å²) in [5, 5.41) is 8.14. The van der Waals surface area contributed by atoms with E-state index in [0.717, 1.165) is 6.92 Å². The zero-order valence-corrected chi connectivity index (χ0v) is 4.31. The van der Waals surface area contributed by atoms with Crippen LogP contribution in [0, 0.1) is 0 Å². The Labute approximate surface area is 45.1 Å². The largest absolute Gasteiger partial charge is 0.390 e. The monoisotopic (exact) mass is 128 g/mol. The van der Waals surface area contributed by atoms with E-state index in [0.29, 0.717) is 0 Å². The van der Waals surface area contributed by atoms with Crippen molar-refractivity contribution in [1.82, 2.24) is 0 Å². The number of aliphatic hydroxyl groups is 1. The molecule has 0 radical (unpaired) electrons. The molecule has 50 valence electrons. The van der Waals surface area contributed by atoms with Gasteiger partial charge >= 0.3 is 0 Å². The van der Waals surface area contributed by atoms with E-state index in [1.54, 1.807) is 0 Å². The van der Waals surface area contributed by atoms with Gasteiger partial charge in [0.2, 0.25) is 0 Å². The van der Waals surface area contributed by atoms with E-state index in [1.165, 1.54) is 0 Å². The number of hydrogen-bond acceptors (Lipinski definition) is 1. The lowest BCUT2D eigenvalue weighted by atomic mass is 10.3. The van der Waals surface area contributed by atoms with Gasteiger partial charge in [0.05, 0.1) is 6.10 Å². The molecule has 2 unspecified atom stereocenters. The molecule has 0 fully saturated rings. The first kappa shape index (κ1) is 7.75. The Morgan fingerprint density at radius 3 is 1.62 bits per heavy atom. The molecule has 1 nitrogen and oxygen atoms in total. The fourth-order valence-corrected chi connectivity index (χ4v) is 0.211. The lowest BCUT2D eigenvalue weighted by Crippen LogP contribution is -2.25. The molecule has 0 saturated carbocycles. The van der Waals surface area contributed by atoms with Gasteiger partial charge in [-0.3, -0.25) is 0 Å². The van der Waals surface area contributed by atoms with Gasteiger partial charge in [-0.2, -0.15) is 0 Å². The zero-order valence-electron chi connectivity index (χ0n) is 4.31. The fraction of sp³-hybridized carbons (Fsp3) is 1.00. The van der Waals surface area contributed by atoms with Crippen LogP contribution in [0.25, 0.3) is 0 Å². The Hall–Kier alpha value is -0.250. The Kier molecular flexibility index (Phi) is 2.82. The second-order valence-corrected chi connectivity index (χ2v) is 1.52. The molecule has 2 atom stereocenters. The predicted molar refractivity (Wildman–Crippen MR) is 22.6 cm³/mol. The molecule has 0 aromatic carbocycles. The average Bonchev–Trinajstić information content (AvgIpc) is 1.64. The summed E-state index contributed by atoms with van der Waals surface area (Å²) in [6, 6.07) is 0. The van der Waals surface area contributed by atoms with E-state index in [-0.39, 0.29) is 0 Å². The van der Waals surface area contributed by atoms with Crippen molar-refractivity contribution >= 4 is 0 Å². The number of halogens is 3. The van der Waals surface area contributed by atoms with E-state index in [9.17, 15) is 13.2 Å². The van der Waals surface area contributed by atoms with Gasteiger partial charge in [-0.15, -0.1) is 0 Å². The van der Waals surface area contributed by atoms with Crippen LogP contribution in [0.15, 0.2) is 0 Å². The molecule has 0 aromatic rings. The molecule has 0 spiro atoms. The Morgan fingerprint density at radius 1 is 1.25 bits per heavy atom. The van der Waals surface area contributed by atoms with Crippen molar-refractivity contribution in [2.24, 2.45) is 0 Å². The van der Waals surface area contributed by atoms with Crippen LogP contribution in [0.1, 0.15) is 6.92 Å². The van der Waals surface area contributed by atoms with Gasteiger partial charge in [0.1, 0.15) is 0 Å². The van der Waals surface area contributed by atoms with Gasteiger partial charge in [0, 0.05) is 0 Å². The van der Waals surface area contributed by atoms with E-state index < -0.39 is 18.7 Å². The first-order chi connectivity index (χ1) is 3.55. The van der Waals surface area contributed by atoms with Crippen molar-refractivity contribution in [3.05, 3.63) is 0 Å². The molecule has 0 aliphatic rings. The maximum atomic E-state index is 11.6. The van der Waals surface area contributed by atoms with Crippen LogP contribution in [0.4, 0.5) is 13.2 Å². The maximum Gasteiger partial charge on any atom is 0.271 e. The first-order valence-corrected chi connectivity index (χ1v) is 2.16. The van der Waals surface area contributed by atoms with Crippen molar-refractivity contribution in [2.45, 2.75) is 25.6 Å². The Balaban J connectivity index is 3.46. The lowest BCUT2D eigenvalue weighted by Gasteiger charge is -2.07. The molecule has 0 saturated heterocycles. The molecule has 0 aliphatic heterocycles. The molecular weight excluding hydrogens is 121 g/mol. The summed E-state index contributed by atoms with van der Waals surface area (Å²) in [6.07, 6.45) is -7.06. The molecule has 1 N–H and O–H groups in total. The minimum Gasteiger partial charge on any atom is -0.390 e. The molecule has 8 heavy (non-hydrogen) atoms. The summed E-state index contributed by atoms with van der Waals surface area (Å²) in [5.41, 5.74) is 0. The van der Waals surface area contributed by atoms with E-state index in [4.69, 9.17) is 5.11 Å². The molecule has 0 heterocycles. The molecule has 0 aromatic heterocycles. The Bertz CT molecular complexity index is 56.3. The summed E-state index contributed by atoms with van der Waals surface area (Å²) in [6.45, 7) is 0.983. The molecular formula is C4H7F3O. The summed E-state index contributed by atoms with van der Waals surface area (Å²) in [4.78, 5) is 0. The first-order valence-electron chi connectivity index (χ1n) is 2.16. The standard InChI is InChI=1S/C4H7F3O/c1-2(8)3(5)4(6)7/h2-4,8H,1H3. The van der Waals surface area contributed by atoms with Crippen molar-refractivity contribution in [2.75, 3.05) is 0 Å². The minimum atomic E-state index is -3.07. The van der Waals surface area contributed by atoms with Crippen molar-refractivity contribution < 1.29 is 18.3 Å². The summed E-state index contributed by atoms with van der Waals surface area (Å²) < 4.78 is 33.9. The minimum absolute atomic E-state index is 0.983. The second kappa shape index (κ2) is 2.91. The molecule has 0 amide bonds. The normalized spacial score (nSPS) is 18.8. The highest BCUT2D eigenvalue weighted by Gasteiger charge is 2.23. The third-order valence-corrected chi connectivity index (χ3v) is 0.702. The maximum absolute atomic E-state index is 11.6. The quantitative estimate of drug-likeness (QED) is 0.587. The van der Waals surface area contributed by atoms with Crippen LogP contribution >= 0.6 is 0 Å². The summed E-state index contributed by atoms with van der Waals surface area (Å²) in [7, 11) is 0. The second-order valence-electron chi connectivity index (χ2n) is 1.52. The average molecular weight is 128 g/mol. The molecule has 0 rings (SSSR count). The van der Waals surface area contributed by atoms with Crippen LogP contribution in [0.3, 0.4) is 0 Å². The van der Waals surface area contributed by atoms with Crippen LogP contribution in [-0.2, 0) is 0 Å². The van der Waals surface area contributed by atoms with Crippen molar-refractivity contribution in [3.8, 4) is 0 Å². The van der Waals surface area contributed by atoms with Gasteiger partial charge in [-0.05, 0) is 6.92 Å². The van der Waals surface area contributed by atoms with Crippen LogP contribution < -0.4 is 0 Å². The van der Waals surface area contributed by atoms with Gasteiger partial charge in [-0.25, -0.2) is 13.2 Å². The molecule has 4 heteroatoms. The third kappa shape index (κ3) is 2.16. The van der Waals surface area contributed by atoms with Gasteiger partial charge in [-0.1, -0.05) is 0 Å². The van der Waals surface area contributed by atoms with Gasteiger partial charge in [0.25, 0.3) is 6.43 Å². The highest BCUT2D eigenvalue weighted by Crippen LogP contribution is 2.08. The topological polar surface area (TPSA) is 20.2 Å². The fourth-order valence-electron chi connectivity index (χ4n) is 0.211. The summed E-state index contributed by atoms with van der Waals surface area (Å²) >= 11 is 0. The molecule has 0 aliphatic carbocycles. The van der Waals surface area contributed by atoms with Crippen molar-refractivity contribution in [1.29, 1.82) is 0 Å². The predicted octanol–water partition coefficient (Wildman–Crippen LogP) is 0.970. The molecule has 0 bridgehead atoms. The van der Waals surface area contributed by atoms with E-state index >= 15 is 0 Å². The highest BCUT2D eigenvalue weighted by atomic mass is 19.3. The SMILES string of the molecule is CC(O)C(F)C(F)F. The lowest BCUT2D eigenvalue weighted by molar-refractivity contribution is -0.0209. The number of alkyl halides is 3. The van der Waals surface area contributed by atoms with Crippen LogP contribution in [-0.4, -0.2) is 23.8 Å². The smallest absolute Gasteiger partial charge is 0.271 e.